The minimum atomic E-state index is 0.937. The molecule has 2 nitrogen and oxygen atoms in total. The van der Waals surface area contributed by atoms with Gasteiger partial charge in [0.2, 0.25) is 0 Å². The summed E-state index contributed by atoms with van der Waals surface area (Å²) in [5.41, 5.74) is 2.57. The molecule has 2 aromatic heterocycles. The van der Waals surface area contributed by atoms with Gasteiger partial charge in [-0.15, -0.1) is 0 Å². The summed E-state index contributed by atoms with van der Waals surface area (Å²) in [5.74, 6) is 0. The van der Waals surface area contributed by atoms with Crippen LogP contribution >= 0.6 is 11.8 Å². The first-order valence-corrected chi connectivity index (χ1v) is 15.0. The van der Waals surface area contributed by atoms with E-state index in [1.165, 1.54) is 101 Å². The smallest absolute Gasteiger partial charge is 0.106 e. The monoisotopic (exact) mass is 492 g/mol. The van der Waals surface area contributed by atoms with E-state index >= 15 is 0 Å². The second-order valence-electron chi connectivity index (χ2n) is 9.50. The summed E-state index contributed by atoms with van der Waals surface area (Å²) >= 11 is 1.71. The molecule has 0 atom stereocenters. The Morgan fingerprint density at radius 3 is 1.46 bits per heavy atom. The maximum absolute atomic E-state index is 4.69. The molecule has 0 aliphatic heterocycles. The van der Waals surface area contributed by atoms with E-state index in [2.05, 4.69) is 50.3 Å². The van der Waals surface area contributed by atoms with Crippen molar-refractivity contribution in [3.05, 3.63) is 72.1 Å². The summed E-state index contributed by atoms with van der Waals surface area (Å²) in [6.45, 7) is 4.55. The molecule has 0 aromatic carbocycles. The number of aromatic nitrogens is 2. The molecule has 2 rings (SSSR count). The Morgan fingerprint density at radius 2 is 1.00 bits per heavy atom. The number of hydrogen-bond donors (Lipinski definition) is 0. The molecule has 0 radical (unpaired) electrons. The highest BCUT2D eigenvalue weighted by Gasteiger charge is 2.09. The Bertz CT molecular complexity index is 773. The minimum Gasteiger partial charge on any atom is -0.249 e. The Labute approximate surface area is 220 Å². The van der Waals surface area contributed by atoms with Crippen LogP contribution in [-0.2, 0) is 12.8 Å². The highest BCUT2D eigenvalue weighted by Crippen LogP contribution is 2.30. The normalized spacial score (nSPS) is 11.7. The van der Waals surface area contributed by atoms with Crippen LogP contribution < -0.4 is 0 Å². The van der Waals surface area contributed by atoms with Crippen molar-refractivity contribution in [2.45, 2.75) is 127 Å². The first kappa shape index (κ1) is 29.4. The van der Waals surface area contributed by atoms with Crippen LogP contribution in [0.4, 0.5) is 0 Å². The van der Waals surface area contributed by atoms with Crippen molar-refractivity contribution in [3.8, 4) is 0 Å². The van der Waals surface area contributed by atoms with Gasteiger partial charge in [-0.05, 0) is 73.5 Å². The van der Waals surface area contributed by atoms with E-state index in [4.69, 9.17) is 9.97 Å². The number of pyridine rings is 2. The standard InChI is InChI=1S/C32H48N2S/c1-3-5-7-9-11-13-15-17-19-23-29-25-21-27-33-31(29)35-32-30(26-22-28-34-32)24-20-18-16-14-12-10-8-6-4-2/h17-22,25-28H,3-16,23-24H2,1-2H3/b19-17-,20-18-. The van der Waals surface area contributed by atoms with Crippen LogP contribution in [0.5, 0.6) is 0 Å². The van der Waals surface area contributed by atoms with E-state index in [-0.39, 0.29) is 0 Å². The minimum absolute atomic E-state index is 0.937. The third-order valence-corrected chi connectivity index (χ3v) is 7.47. The van der Waals surface area contributed by atoms with Gasteiger partial charge in [-0.2, -0.15) is 0 Å². The van der Waals surface area contributed by atoms with Crippen molar-refractivity contribution in [1.82, 2.24) is 9.97 Å². The Balaban J connectivity index is 1.80. The molecule has 0 spiro atoms. The van der Waals surface area contributed by atoms with Crippen molar-refractivity contribution in [1.29, 1.82) is 0 Å². The van der Waals surface area contributed by atoms with Gasteiger partial charge in [0, 0.05) is 12.4 Å². The molecule has 3 heteroatoms. The van der Waals surface area contributed by atoms with E-state index in [1.54, 1.807) is 11.8 Å². The SMILES string of the molecule is CCCCCCCC/C=C\Cc1cccnc1Sc1ncccc1C/C=C\CCCCCCCC. The number of nitrogens with zero attached hydrogens (tertiary/aromatic N) is 2. The van der Waals surface area contributed by atoms with Crippen molar-refractivity contribution in [2.75, 3.05) is 0 Å². The fourth-order valence-electron chi connectivity index (χ4n) is 4.18. The topological polar surface area (TPSA) is 25.8 Å². The maximum Gasteiger partial charge on any atom is 0.106 e. The van der Waals surface area contributed by atoms with Crippen LogP contribution in [0.3, 0.4) is 0 Å². The zero-order chi connectivity index (χ0) is 24.8. The Hall–Kier alpha value is -1.87. The first-order chi connectivity index (χ1) is 17.3. The van der Waals surface area contributed by atoms with Gasteiger partial charge in [0.25, 0.3) is 0 Å². The maximum atomic E-state index is 4.69. The molecule has 0 saturated heterocycles. The number of unbranched alkanes of at least 4 members (excludes halogenated alkanes) is 12. The predicted octanol–water partition coefficient (Wildman–Crippen LogP) is 10.3. The first-order valence-electron chi connectivity index (χ1n) is 14.2. The lowest BCUT2D eigenvalue weighted by Gasteiger charge is -2.09. The number of hydrogen-bond acceptors (Lipinski definition) is 3. The molecular weight excluding hydrogens is 444 g/mol. The second-order valence-corrected chi connectivity index (χ2v) is 10.5. The fourth-order valence-corrected chi connectivity index (χ4v) is 5.15. The predicted molar refractivity (Wildman–Crippen MR) is 154 cm³/mol. The molecule has 35 heavy (non-hydrogen) atoms. The van der Waals surface area contributed by atoms with Crippen LogP contribution in [0.15, 0.2) is 71.0 Å². The van der Waals surface area contributed by atoms with Crippen molar-refractivity contribution in [3.63, 3.8) is 0 Å². The van der Waals surface area contributed by atoms with Gasteiger partial charge >= 0.3 is 0 Å². The molecule has 0 N–H and O–H groups in total. The molecule has 0 aliphatic rings. The van der Waals surface area contributed by atoms with Crippen LogP contribution in [-0.4, -0.2) is 9.97 Å². The molecule has 2 heterocycles. The highest BCUT2D eigenvalue weighted by molar-refractivity contribution is 7.99. The lowest BCUT2D eigenvalue weighted by atomic mass is 10.1. The van der Waals surface area contributed by atoms with Crippen molar-refractivity contribution >= 4 is 11.8 Å². The molecule has 0 unspecified atom stereocenters. The van der Waals surface area contributed by atoms with Gasteiger partial charge in [0.15, 0.2) is 0 Å². The molecular formula is C32H48N2S. The van der Waals surface area contributed by atoms with E-state index in [9.17, 15) is 0 Å². The van der Waals surface area contributed by atoms with Gasteiger partial charge in [-0.1, -0.05) is 114 Å². The van der Waals surface area contributed by atoms with Crippen LogP contribution in [0.2, 0.25) is 0 Å². The van der Waals surface area contributed by atoms with E-state index in [0.717, 1.165) is 22.9 Å². The third kappa shape index (κ3) is 13.7. The Morgan fingerprint density at radius 1 is 0.571 bits per heavy atom. The number of rotatable bonds is 20. The lowest BCUT2D eigenvalue weighted by Crippen LogP contribution is -1.94. The van der Waals surface area contributed by atoms with Crippen LogP contribution in [0, 0.1) is 0 Å². The van der Waals surface area contributed by atoms with Gasteiger partial charge in [-0.3, -0.25) is 0 Å². The van der Waals surface area contributed by atoms with Gasteiger partial charge in [-0.25, -0.2) is 9.97 Å². The van der Waals surface area contributed by atoms with Gasteiger partial charge in [0.1, 0.15) is 10.1 Å². The summed E-state index contributed by atoms with van der Waals surface area (Å²) in [4.78, 5) is 9.39. The van der Waals surface area contributed by atoms with Crippen LogP contribution in [0.1, 0.15) is 115 Å². The number of allylic oxidation sites excluding steroid dienone is 4. The molecule has 0 fully saturated rings. The fraction of sp³-hybridized carbons (Fsp3) is 0.562. The van der Waals surface area contributed by atoms with Gasteiger partial charge in [0.05, 0.1) is 0 Å². The van der Waals surface area contributed by atoms with E-state index < -0.39 is 0 Å². The molecule has 0 amide bonds. The molecule has 2 aromatic rings. The van der Waals surface area contributed by atoms with Gasteiger partial charge < -0.3 is 0 Å². The average Bonchev–Trinajstić information content (AvgIpc) is 2.88. The molecule has 0 aliphatic carbocycles. The summed E-state index contributed by atoms with van der Waals surface area (Å²) in [6, 6.07) is 8.50. The van der Waals surface area contributed by atoms with E-state index in [1.807, 2.05) is 24.5 Å². The molecule has 192 valence electrons. The van der Waals surface area contributed by atoms with Crippen LogP contribution in [0.25, 0.3) is 0 Å². The zero-order valence-electron chi connectivity index (χ0n) is 22.4. The second kappa shape index (κ2) is 20.3. The zero-order valence-corrected chi connectivity index (χ0v) is 23.2. The molecule has 0 saturated carbocycles. The summed E-state index contributed by atoms with van der Waals surface area (Å²) in [6.07, 6.45) is 33.6. The summed E-state index contributed by atoms with van der Waals surface area (Å²) in [7, 11) is 0. The quantitative estimate of drug-likeness (QED) is 0.136. The Kier molecular flexibility index (Phi) is 17.1. The van der Waals surface area contributed by atoms with E-state index in [0.29, 0.717) is 0 Å². The average molecular weight is 493 g/mol. The largest absolute Gasteiger partial charge is 0.249 e. The van der Waals surface area contributed by atoms with Crippen molar-refractivity contribution < 1.29 is 0 Å². The highest BCUT2D eigenvalue weighted by atomic mass is 32.2. The van der Waals surface area contributed by atoms with Crippen molar-refractivity contribution in [2.24, 2.45) is 0 Å². The third-order valence-electron chi connectivity index (χ3n) is 6.35. The summed E-state index contributed by atoms with van der Waals surface area (Å²) < 4.78 is 0. The lowest BCUT2D eigenvalue weighted by molar-refractivity contribution is 0.611. The summed E-state index contributed by atoms with van der Waals surface area (Å²) in [5, 5.41) is 2.15. The molecule has 0 bridgehead atoms.